The van der Waals surface area contributed by atoms with Crippen LogP contribution in [0, 0.1) is 0 Å². The molecule has 0 aromatic heterocycles. The van der Waals surface area contributed by atoms with Gasteiger partial charge in [-0.1, -0.05) is 35.5 Å². The molecule has 1 N–H and O–H groups in total. The quantitative estimate of drug-likeness (QED) is 0.518. The molecule has 0 spiro atoms. The summed E-state index contributed by atoms with van der Waals surface area (Å²) >= 11 is 0. The highest BCUT2D eigenvalue weighted by Gasteiger charge is 2.27. The van der Waals surface area contributed by atoms with Crippen molar-refractivity contribution in [1.82, 2.24) is 4.90 Å². The fourth-order valence-corrected chi connectivity index (χ4v) is 3.49. The zero-order chi connectivity index (χ0) is 15.2. The Balaban J connectivity index is 1.63. The van der Waals surface area contributed by atoms with Gasteiger partial charge >= 0.3 is 0 Å². The van der Waals surface area contributed by atoms with Crippen LogP contribution in [0.3, 0.4) is 0 Å². The van der Waals surface area contributed by atoms with Crippen LogP contribution >= 0.6 is 0 Å². The number of benzene rings is 1. The SMILES string of the molecule is O/N=C1/CCC=CCC[C@H]1N1CCN(c2ccccc2)CC1. The Hall–Kier alpha value is -1.81. The Labute approximate surface area is 132 Å². The van der Waals surface area contributed by atoms with Crippen molar-refractivity contribution in [1.29, 1.82) is 0 Å². The smallest absolute Gasteiger partial charge is 0.0745 e. The summed E-state index contributed by atoms with van der Waals surface area (Å²) in [6.07, 6.45) is 8.45. The van der Waals surface area contributed by atoms with Crippen LogP contribution in [0.1, 0.15) is 25.7 Å². The topological polar surface area (TPSA) is 39.1 Å². The van der Waals surface area contributed by atoms with Crippen molar-refractivity contribution in [2.45, 2.75) is 31.7 Å². The number of allylic oxidation sites excluding steroid dienone is 2. The summed E-state index contributed by atoms with van der Waals surface area (Å²) in [5.41, 5.74) is 2.26. The van der Waals surface area contributed by atoms with Gasteiger partial charge in [0.15, 0.2) is 0 Å². The summed E-state index contributed by atoms with van der Waals surface area (Å²) < 4.78 is 0. The molecule has 0 saturated carbocycles. The predicted molar refractivity (Wildman–Crippen MR) is 90.8 cm³/mol. The number of hydrogen-bond acceptors (Lipinski definition) is 4. The van der Waals surface area contributed by atoms with Gasteiger partial charge in [-0.15, -0.1) is 0 Å². The van der Waals surface area contributed by atoms with Gasteiger partial charge in [-0.3, -0.25) is 4.90 Å². The van der Waals surface area contributed by atoms with Crippen molar-refractivity contribution >= 4 is 11.4 Å². The molecule has 0 amide bonds. The molecule has 3 rings (SSSR count). The summed E-state index contributed by atoms with van der Waals surface area (Å²) in [4.78, 5) is 4.93. The van der Waals surface area contributed by atoms with Gasteiger partial charge in [-0.05, 0) is 37.8 Å². The fourth-order valence-electron chi connectivity index (χ4n) is 3.49. The highest BCUT2D eigenvalue weighted by molar-refractivity contribution is 5.89. The van der Waals surface area contributed by atoms with E-state index in [1.54, 1.807) is 0 Å². The van der Waals surface area contributed by atoms with Crippen molar-refractivity contribution in [2.75, 3.05) is 31.1 Å². The lowest BCUT2D eigenvalue weighted by molar-refractivity contribution is 0.211. The maximum Gasteiger partial charge on any atom is 0.0745 e. The van der Waals surface area contributed by atoms with Crippen LogP contribution in [-0.2, 0) is 0 Å². The zero-order valence-corrected chi connectivity index (χ0v) is 13.1. The first kappa shape index (κ1) is 15.1. The predicted octanol–water partition coefficient (Wildman–Crippen LogP) is 3.14. The molecule has 0 unspecified atom stereocenters. The molecule has 0 bridgehead atoms. The molecule has 2 aliphatic rings. The van der Waals surface area contributed by atoms with Gasteiger partial charge in [0, 0.05) is 31.9 Å². The minimum Gasteiger partial charge on any atom is -0.411 e. The van der Waals surface area contributed by atoms with E-state index in [2.05, 4.69) is 57.4 Å². The molecule has 4 heteroatoms. The van der Waals surface area contributed by atoms with Crippen molar-refractivity contribution in [3.8, 4) is 0 Å². The van der Waals surface area contributed by atoms with Crippen LogP contribution in [0.2, 0.25) is 0 Å². The van der Waals surface area contributed by atoms with E-state index in [4.69, 9.17) is 0 Å². The Bertz CT molecular complexity index is 518. The third-order valence-electron chi connectivity index (χ3n) is 4.73. The molecule has 118 valence electrons. The van der Waals surface area contributed by atoms with E-state index in [1.807, 2.05) is 0 Å². The number of nitrogens with zero attached hydrogens (tertiary/aromatic N) is 3. The van der Waals surface area contributed by atoms with Gasteiger partial charge in [0.2, 0.25) is 0 Å². The van der Waals surface area contributed by atoms with Crippen LogP contribution in [0.25, 0.3) is 0 Å². The molecule has 0 radical (unpaired) electrons. The van der Waals surface area contributed by atoms with Crippen molar-refractivity contribution in [3.63, 3.8) is 0 Å². The van der Waals surface area contributed by atoms with Gasteiger partial charge in [0.1, 0.15) is 0 Å². The maximum atomic E-state index is 9.37. The first-order chi connectivity index (χ1) is 10.9. The van der Waals surface area contributed by atoms with E-state index < -0.39 is 0 Å². The Kier molecular flexibility index (Phi) is 5.11. The second-order valence-electron chi connectivity index (χ2n) is 6.05. The molecular weight excluding hydrogens is 274 g/mol. The summed E-state index contributed by atoms with van der Waals surface area (Å²) in [6.45, 7) is 4.13. The molecule has 1 heterocycles. The Morgan fingerprint density at radius 2 is 1.68 bits per heavy atom. The number of oxime groups is 1. The van der Waals surface area contributed by atoms with E-state index in [-0.39, 0.29) is 0 Å². The van der Waals surface area contributed by atoms with Gasteiger partial charge < -0.3 is 10.1 Å². The molecule has 4 nitrogen and oxygen atoms in total. The molecule has 1 aliphatic carbocycles. The van der Waals surface area contributed by atoms with Crippen LogP contribution in [0.5, 0.6) is 0 Å². The lowest BCUT2D eigenvalue weighted by atomic mass is 9.96. The van der Waals surface area contributed by atoms with Crippen molar-refractivity contribution < 1.29 is 5.21 Å². The Morgan fingerprint density at radius 1 is 0.955 bits per heavy atom. The summed E-state index contributed by atoms with van der Waals surface area (Å²) in [5, 5.41) is 13.0. The van der Waals surface area contributed by atoms with Crippen LogP contribution < -0.4 is 4.90 Å². The summed E-state index contributed by atoms with van der Waals surface area (Å²) in [6, 6.07) is 10.9. The lowest BCUT2D eigenvalue weighted by Crippen LogP contribution is -2.52. The molecule has 1 fully saturated rings. The normalized spacial score (nSPS) is 25.9. The second-order valence-corrected chi connectivity index (χ2v) is 6.05. The maximum absolute atomic E-state index is 9.37. The monoisotopic (exact) mass is 299 g/mol. The van der Waals surface area contributed by atoms with E-state index in [9.17, 15) is 5.21 Å². The van der Waals surface area contributed by atoms with Crippen LogP contribution in [-0.4, -0.2) is 48.0 Å². The largest absolute Gasteiger partial charge is 0.411 e. The van der Waals surface area contributed by atoms with E-state index in [1.165, 1.54) is 5.69 Å². The minimum absolute atomic E-state index is 0.299. The van der Waals surface area contributed by atoms with Crippen molar-refractivity contribution in [3.05, 3.63) is 42.5 Å². The number of para-hydroxylation sites is 1. The average molecular weight is 299 g/mol. The van der Waals surface area contributed by atoms with Gasteiger partial charge in [0.05, 0.1) is 11.8 Å². The fraction of sp³-hybridized carbons (Fsp3) is 0.500. The van der Waals surface area contributed by atoms with E-state index >= 15 is 0 Å². The highest BCUT2D eigenvalue weighted by atomic mass is 16.4. The first-order valence-electron chi connectivity index (χ1n) is 8.28. The number of rotatable bonds is 2. The lowest BCUT2D eigenvalue weighted by Gasteiger charge is -2.40. The van der Waals surface area contributed by atoms with E-state index in [0.29, 0.717) is 6.04 Å². The Morgan fingerprint density at radius 3 is 2.41 bits per heavy atom. The first-order valence-corrected chi connectivity index (χ1v) is 8.28. The molecule has 22 heavy (non-hydrogen) atoms. The van der Waals surface area contributed by atoms with Gasteiger partial charge in [0.25, 0.3) is 0 Å². The molecule has 1 aliphatic heterocycles. The third kappa shape index (κ3) is 3.50. The highest BCUT2D eigenvalue weighted by Crippen LogP contribution is 2.21. The molecule has 1 aromatic rings. The van der Waals surface area contributed by atoms with E-state index in [0.717, 1.165) is 57.6 Å². The molecule has 1 atom stereocenters. The zero-order valence-electron chi connectivity index (χ0n) is 13.1. The molecular formula is C18H25N3O. The van der Waals surface area contributed by atoms with Gasteiger partial charge in [-0.25, -0.2) is 0 Å². The van der Waals surface area contributed by atoms with Gasteiger partial charge in [-0.2, -0.15) is 0 Å². The van der Waals surface area contributed by atoms with Crippen LogP contribution in [0.4, 0.5) is 5.69 Å². The summed E-state index contributed by atoms with van der Waals surface area (Å²) in [5.74, 6) is 0. The standard InChI is InChI=1S/C18H25N3O/c22-19-17-10-6-1-2-7-11-18(17)21-14-12-20(13-15-21)16-8-4-3-5-9-16/h1-5,8-9,18,22H,6-7,10-15H2/b2-1?,19-17-/t18-/m1/s1. The summed E-state index contributed by atoms with van der Waals surface area (Å²) in [7, 11) is 0. The third-order valence-corrected chi connectivity index (χ3v) is 4.73. The molecule has 1 saturated heterocycles. The average Bonchev–Trinajstić information content (AvgIpc) is 2.56. The number of hydrogen-bond donors (Lipinski definition) is 1. The number of anilines is 1. The van der Waals surface area contributed by atoms with Crippen LogP contribution in [0.15, 0.2) is 47.6 Å². The number of piperazine rings is 1. The molecule has 1 aromatic carbocycles. The van der Waals surface area contributed by atoms with Crippen molar-refractivity contribution in [2.24, 2.45) is 5.16 Å². The minimum atomic E-state index is 0.299. The second kappa shape index (κ2) is 7.45.